The minimum Gasteiger partial charge on any atom is -0.494 e. The third kappa shape index (κ3) is 3.44. The van der Waals surface area contributed by atoms with E-state index in [4.69, 9.17) is 4.74 Å². The number of fused-ring (bicyclic) bond motifs is 1. The van der Waals surface area contributed by atoms with E-state index < -0.39 is 17.8 Å². The fourth-order valence-electron chi connectivity index (χ4n) is 2.30. The number of hydrogen-bond donors (Lipinski definition) is 2. The zero-order chi connectivity index (χ0) is 16.3. The Balaban J connectivity index is 2.42. The molecule has 1 atom stereocenters. The van der Waals surface area contributed by atoms with Gasteiger partial charge in [-0.05, 0) is 35.9 Å². The Kier molecular flexibility index (Phi) is 4.80. The van der Waals surface area contributed by atoms with Crippen molar-refractivity contribution in [2.75, 3.05) is 12.4 Å². The summed E-state index contributed by atoms with van der Waals surface area (Å²) >= 11 is 0. The third-order valence-corrected chi connectivity index (χ3v) is 3.35. The van der Waals surface area contributed by atoms with Gasteiger partial charge in [-0.2, -0.15) is 0 Å². The topological polar surface area (TPSA) is 71.5 Å². The van der Waals surface area contributed by atoms with Crippen LogP contribution < -0.4 is 10.1 Å². The maximum absolute atomic E-state index is 13.9. The summed E-state index contributed by atoms with van der Waals surface area (Å²) in [5.74, 6) is -0.766. The molecule has 1 aromatic carbocycles. The highest BCUT2D eigenvalue weighted by atomic mass is 19.1. The Labute approximate surface area is 128 Å². The lowest BCUT2D eigenvalue weighted by Gasteiger charge is -2.18. The number of carbonyl (C=O) groups is 1. The normalized spacial score (nSPS) is 12.4. The van der Waals surface area contributed by atoms with Crippen molar-refractivity contribution >= 4 is 22.6 Å². The number of nitrogens with zero attached hydrogens (tertiary/aromatic N) is 1. The van der Waals surface area contributed by atoms with Crippen molar-refractivity contribution in [1.29, 1.82) is 0 Å². The van der Waals surface area contributed by atoms with Gasteiger partial charge in [0.25, 0.3) is 0 Å². The summed E-state index contributed by atoms with van der Waals surface area (Å²) in [7, 11) is 1.40. The molecule has 22 heavy (non-hydrogen) atoms. The maximum Gasteiger partial charge on any atom is 0.326 e. The molecule has 2 N–H and O–H groups in total. The van der Waals surface area contributed by atoms with Crippen LogP contribution in [0.3, 0.4) is 0 Å². The number of pyridine rings is 1. The predicted octanol–water partition coefficient (Wildman–Crippen LogP) is 3.29. The fourth-order valence-corrected chi connectivity index (χ4v) is 2.30. The van der Waals surface area contributed by atoms with Gasteiger partial charge in [-0.25, -0.2) is 14.2 Å². The van der Waals surface area contributed by atoms with Crippen LogP contribution in [-0.2, 0) is 4.79 Å². The lowest BCUT2D eigenvalue weighted by atomic mass is 10.0. The molecule has 1 aromatic heterocycles. The van der Waals surface area contributed by atoms with Crippen molar-refractivity contribution in [3.05, 3.63) is 30.2 Å². The second kappa shape index (κ2) is 6.60. The molecular weight excluding hydrogens is 287 g/mol. The molecule has 5 nitrogen and oxygen atoms in total. The number of hydrogen-bond acceptors (Lipinski definition) is 4. The molecule has 0 aliphatic carbocycles. The smallest absolute Gasteiger partial charge is 0.326 e. The zero-order valence-electron chi connectivity index (χ0n) is 12.8. The van der Waals surface area contributed by atoms with E-state index in [9.17, 15) is 14.3 Å². The van der Waals surface area contributed by atoms with E-state index in [2.05, 4.69) is 10.3 Å². The number of anilines is 1. The van der Waals surface area contributed by atoms with Crippen molar-refractivity contribution in [2.24, 2.45) is 5.92 Å². The van der Waals surface area contributed by atoms with Crippen LogP contribution in [0.2, 0.25) is 0 Å². The van der Waals surface area contributed by atoms with Gasteiger partial charge in [-0.3, -0.25) is 0 Å². The number of ether oxygens (including phenoxy) is 1. The van der Waals surface area contributed by atoms with Crippen LogP contribution in [0.15, 0.2) is 24.4 Å². The van der Waals surface area contributed by atoms with Gasteiger partial charge in [-0.1, -0.05) is 13.8 Å². The quantitative estimate of drug-likeness (QED) is 0.857. The number of methoxy groups -OCH3 is 1. The molecule has 0 aliphatic heterocycles. The Morgan fingerprint density at radius 2 is 2.18 bits per heavy atom. The Hall–Kier alpha value is -2.37. The van der Waals surface area contributed by atoms with Crippen molar-refractivity contribution < 1.29 is 19.0 Å². The van der Waals surface area contributed by atoms with Crippen LogP contribution in [0.4, 0.5) is 10.2 Å². The van der Waals surface area contributed by atoms with Crippen molar-refractivity contribution in [3.63, 3.8) is 0 Å². The first-order valence-corrected chi connectivity index (χ1v) is 7.04. The van der Waals surface area contributed by atoms with E-state index in [1.54, 1.807) is 18.3 Å². The van der Waals surface area contributed by atoms with Crippen molar-refractivity contribution in [3.8, 4) is 5.75 Å². The number of nitrogens with one attached hydrogen (secondary N) is 1. The predicted molar refractivity (Wildman–Crippen MR) is 82.8 cm³/mol. The standard InChI is InChI=1S/C16H19FN2O3/c1-9(2)6-13(16(20)21)19-15-11-8-12(17)14(22-3)7-10(11)4-5-18-15/h4-5,7-9,13H,6H2,1-3H3,(H,18,19)(H,20,21)/t13-/m0/s1. The second-order valence-corrected chi connectivity index (χ2v) is 5.53. The van der Waals surface area contributed by atoms with E-state index in [-0.39, 0.29) is 11.7 Å². The maximum atomic E-state index is 13.9. The highest BCUT2D eigenvalue weighted by Gasteiger charge is 2.20. The average Bonchev–Trinajstić information content (AvgIpc) is 2.46. The highest BCUT2D eigenvalue weighted by molar-refractivity contribution is 5.94. The molecule has 0 amide bonds. The lowest BCUT2D eigenvalue weighted by molar-refractivity contribution is -0.138. The molecule has 2 rings (SSSR count). The summed E-state index contributed by atoms with van der Waals surface area (Å²) in [6.45, 7) is 3.89. The van der Waals surface area contributed by atoms with E-state index in [0.29, 0.717) is 17.6 Å². The average molecular weight is 306 g/mol. The number of aliphatic carboxylic acids is 1. The third-order valence-electron chi connectivity index (χ3n) is 3.35. The summed E-state index contributed by atoms with van der Waals surface area (Å²) in [4.78, 5) is 15.5. The van der Waals surface area contributed by atoms with Crippen LogP contribution >= 0.6 is 0 Å². The summed E-state index contributed by atoms with van der Waals surface area (Å²) in [5.41, 5.74) is 0. The Morgan fingerprint density at radius 3 is 2.77 bits per heavy atom. The molecule has 0 saturated heterocycles. The molecule has 0 saturated carbocycles. The first-order chi connectivity index (χ1) is 10.4. The lowest BCUT2D eigenvalue weighted by Crippen LogP contribution is -2.31. The minimum absolute atomic E-state index is 0.140. The molecule has 2 aromatic rings. The van der Waals surface area contributed by atoms with Crippen molar-refractivity contribution in [1.82, 2.24) is 4.98 Å². The van der Waals surface area contributed by atoms with Crippen LogP contribution in [0.5, 0.6) is 5.75 Å². The largest absolute Gasteiger partial charge is 0.494 e. The summed E-state index contributed by atoms with van der Waals surface area (Å²) in [6.07, 6.45) is 2.00. The second-order valence-electron chi connectivity index (χ2n) is 5.53. The molecule has 0 unspecified atom stereocenters. The van der Waals surface area contributed by atoms with Gasteiger partial charge in [0.05, 0.1) is 7.11 Å². The molecule has 0 bridgehead atoms. The Morgan fingerprint density at radius 1 is 1.45 bits per heavy atom. The first-order valence-electron chi connectivity index (χ1n) is 7.04. The monoisotopic (exact) mass is 306 g/mol. The number of carboxylic acids is 1. The SMILES string of the molecule is COc1cc2ccnc(N[C@@H](CC(C)C)C(=O)O)c2cc1F. The summed E-state index contributed by atoms with van der Waals surface area (Å²) in [6, 6.07) is 3.82. The summed E-state index contributed by atoms with van der Waals surface area (Å²) in [5, 5.41) is 13.5. The molecule has 6 heteroatoms. The van der Waals surface area contributed by atoms with Crippen LogP contribution in [0.25, 0.3) is 10.8 Å². The Bertz CT molecular complexity index is 688. The highest BCUT2D eigenvalue weighted by Crippen LogP contribution is 2.29. The molecule has 0 spiro atoms. The van der Waals surface area contributed by atoms with Crippen molar-refractivity contribution in [2.45, 2.75) is 26.3 Å². The number of benzene rings is 1. The van der Waals surface area contributed by atoms with Gasteiger partial charge in [0.2, 0.25) is 0 Å². The van der Waals surface area contributed by atoms with Gasteiger partial charge in [0.1, 0.15) is 11.9 Å². The van der Waals surface area contributed by atoms with E-state index >= 15 is 0 Å². The van der Waals surface area contributed by atoms with Crippen LogP contribution in [0.1, 0.15) is 20.3 Å². The van der Waals surface area contributed by atoms with E-state index in [1.807, 2.05) is 13.8 Å². The number of aromatic nitrogens is 1. The summed E-state index contributed by atoms with van der Waals surface area (Å²) < 4.78 is 18.9. The molecule has 118 valence electrons. The van der Waals surface area contributed by atoms with E-state index in [0.717, 1.165) is 5.39 Å². The van der Waals surface area contributed by atoms with Gasteiger partial charge in [0.15, 0.2) is 11.6 Å². The molecular formula is C16H19FN2O3. The van der Waals surface area contributed by atoms with Gasteiger partial charge < -0.3 is 15.2 Å². The van der Waals surface area contributed by atoms with Gasteiger partial charge in [0, 0.05) is 11.6 Å². The number of rotatable bonds is 6. The van der Waals surface area contributed by atoms with Gasteiger partial charge in [-0.15, -0.1) is 0 Å². The molecule has 0 aliphatic rings. The molecule has 0 fully saturated rings. The van der Waals surface area contributed by atoms with Crippen LogP contribution in [0, 0.1) is 11.7 Å². The van der Waals surface area contributed by atoms with E-state index in [1.165, 1.54) is 13.2 Å². The minimum atomic E-state index is -0.957. The first kappa shape index (κ1) is 16.0. The zero-order valence-corrected chi connectivity index (χ0v) is 12.8. The number of carboxylic acid groups (broad SMARTS) is 1. The molecule has 1 heterocycles. The number of halogens is 1. The fraction of sp³-hybridized carbons (Fsp3) is 0.375. The van der Waals surface area contributed by atoms with Gasteiger partial charge >= 0.3 is 5.97 Å². The molecule has 0 radical (unpaired) electrons. The van der Waals surface area contributed by atoms with Crippen LogP contribution in [-0.4, -0.2) is 29.2 Å².